The second-order valence-electron chi connectivity index (χ2n) is 3.14. The summed E-state index contributed by atoms with van der Waals surface area (Å²) in [6.45, 7) is 0. The number of nitrogen functional groups attached to an aromatic ring is 1. The Morgan fingerprint density at radius 1 is 1.25 bits per heavy atom. The van der Waals surface area contributed by atoms with E-state index in [1.54, 1.807) is 20.3 Å². The van der Waals surface area contributed by atoms with Gasteiger partial charge < -0.3 is 19.6 Å². The van der Waals surface area contributed by atoms with Crippen molar-refractivity contribution in [2.75, 3.05) is 20.0 Å². The van der Waals surface area contributed by atoms with Crippen LogP contribution in [0.3, 0.4) is 0 Å². The Balaban J connectivity index is 2.52. The summed E-state index contributed by atoms with van der Waals surface area (Å²) in [6, 6.07) is 5.56. The van der Waals surface area contributed by atoms with Gasteiger partial charge in [0.1, 0.15) is 23.5 Å². The van der Waals surface area contributed by atoms with Crippen molar-refractivity contribution >= 4 is 6.01 Å². The van der Waals surface area contributed by atoms with Crippen LogP contribution in [0.4, 0.5) is 6.01 Å². The number of rotatable bonds is 3. The Hall–Kier alpha value is -2.17. The van der Waals surface area contributed by atoms with Gasteiger partial charge >= 0.3 is 0 Å². The summed E-state index contributed by atoms with van der Waals surface area (Å²) in [7, 11) is 3.19. The molecule has 0 saturated carbocycles. The number of benzene rings is 1. The zero-order chi connectivity index (χ0) is 11.5. The Morgan fingerprint density at radius 2 is 2.06 bits per heavy atom. The van der Waals surface area contributed by atoms with Crippen molar-refractivity contribution in [2.24, 2.45) is 0 Å². The fourth-order valence-electron chi connectivity index (χ4n) is 1.43. The number of ether oxygens (including phenoxy) is 2. The van der Waals surface area contributed by atoms with E-state index in [2.05, 4.69) is 4.98 Å². The lowest BCUT2D eigenvalue weighted by molar-refractivity contribution is 0.404. The predicted molar refractivity (Wildman–Crippen MR) is 59.5 cm³/mol. The molecular weight excluding hydrogens is 208 g/mol. The van der Waals surface area contributed by atoms with E-state index in [4.69, 9.17) is 19.6 Å². The first-order valence-electron chi connectivity index (χ1n) is 4.68. The smallest absolute Gasteiger partial charge is 0.292 e. The molecule has 0 radical (unpaired) electrons. The molecule has 0 saturated heterocycles. The first-order chi connectivity index (χ1) is 7.74. The van der Waals surface area contributed by atoms with E-state index in [1.807, 2.05) is 12.1 Å². The molecule has 5 heteroatoms. The average molecular weight is 220 g/mol. The van der Waals surface area contributed by atoms with Gasteiger partial charge in [0.25, 0.3) is 6.01 Å². The summed E-state index contributed by atoms with van der Waals surface area (Å²) < 4.78 is 15.3. The summed E-state index contributed by atoms with van der Waals surface area (Å²) in [5, 5.41) is 0. The van der Waals surface area contributed by atoms with E-state index in [1.165, 1.54) is 6.26 Å². The zero-order valence-corrected chi connectivity index (χ0v) is 9.06. The van der Waals surface area contributed by atoms with Crippen LogP contribution in [0.25, 0.3) is 11.3 Å². The summed E-state index contributed by atoms with van der Waals surface area (Å²) in [5.74, 6) is 1.41. The number of oxazole rings is 1. The van der Waals surface area contributed by atoms with Gasteiger partial charge in [0.2, 0.25) is 0 Å². The summed E-state index contributed by atoms with van der Waals surface area (Å²) in [4.78, 5) is 4.04. The van der Waals surface area contributed by atoms with Crippen molar-refractivity contribution in [1.82, 2.24) is 4.98 Å². The van der Waals surface area contributed by atoms with Gasteiger partial charge in [-0.3, -0.25) is 0 Å². The Bertz CT molecular complexity index is 494. The highest BCUT2D eigenvalue weighted by Gasteiger charge is 2.11. The zero-order valence-electron chi connectivity index (χ0n) is 9.06. The highest BCUT2D eigenvalue weighted by atomic mass is 16.5. The second-order valence-corrected chi connectivity index (χ2v) is 3.14. The number of nitrogens with two attached hydrogens (primary N) is 1. The van der Waals surface area contributed by atoms with Crippen molar-refractivity contribution in [1.29, 1.82) is 0 Å². The summed E-state index contributed by atoms with van der Waals surface area (Å²) in [6.07, 6.45) is 1.48. The lowest BCUT2D eigenvalue weighted by atomic mass is 10.1. The van der Waals surface area contributed by atoms with Gasteiger partial charge in [0.05, 0.1) is 14.2 Å². The molecule has 0 unspecified atom stereocenters. The topological polar surface area (TPSA) is 70.5 Å². The predicted octanol–water partition coefficient (Wildman–Crippen LogP) is 1.94. The van der Waals surface area contributed by atoms with E-state index >= 15 is 0 Å². The quantitative estimate of drug-likeness (QED) is 0.855. The SMILES string of the molecule is COc1ccc(OC)c(-c2coc(N)n2)c1. The van der Waals surface area contributed by atoms with E-state index in [9.17, 15) is 0 Å². The van der Waals surface area contributed by atoms with Crippen LogP contribution in [0.1, 0.15) is 0 Å². The molecule has 1 heterocycles. The first kappa shape index (κ1) is 10.4. The van der Waals surface area contributed by atoms with Gasteiger partial charge in [-0.05, 0) is 18.2 Å². The molecule has 0 fully saturated rings. The van der Waals surface area contributed by atoms with Crippen LogP contribution >= 0.6 is 0 Å². The molecule has 84 valence electrons. The molecular formula is C11H12N2O3. The van der Waals surface area contributed by atoms with Crippen molar-refractivity contribution in [2.45, 2.75) is 0 Å². The van der Waals surface area contributed by atoms with E-state index < -0.39 is 0 Å². The lowest BCUT2D eigenvalue weighted by Crippen LogP contribution is -1.91. The highest BCUT2D eigenvalue weighted by Crippen LogP contribution is 2.32. The lowest BCUT2D eigenvalue weighted by Gasteiger charge is -2.07. The van der Waals surface area contributed by atoms with Gasteiger partial charge in [-0.1, -0.05) is 0 Å². The van der Waals surface area contributed by atoms with Gasteiger partial charge in [-0.25, -0.2) is 0 Å². The van der Waals surface area contributed by atoms with Crippen molar-refractivity contribution in [3.8, 4) is 22.8 Å². The van der Waals surface area contributed by atoms with Crippen LogP contribution in [0.2, 0.25) is 0 Å². The Kier molecular flexibility index (Phi) is 2.68. The summed E-state index contributed by atoms with van der Waals surface area (Å²) in [5.41, 5.74) is 6.83. The molecule has 0 aliphatic carbocycles. The molecule has 0 spiro atoms. The van der Waals surface area contributed by atoms with Crippen LogP contribution in [-0.2, 0) is 0 Å². The minimum Gasteiger partial charge on any atom is -0.497 e. The molecule has 2 N–H and O–H groups in total. The normalized spacial score (nSPS) is 10.1. The van der Waals surface area contributed by atoms with Crippen molar-refractivity contribution in [3.63, 3.8) is 0 Å². The number of anilines is 1. The maximum absolute atomic E-state index is 5.43. The molecule has 2 rings (SSSR count). The molecule has 0 amide bonds. The van der Waals surface area contributed by atoms with Crippen LogP contribution in [0.5, 0.6) is 11.5 Å². The van der Waals surface area contributed by atoms with Crippen molar-refractivity contribution in [3.05, 3.63) is 24.5 Å². The van der Waals surface area contributed by atoms with Gasteiger partial charge in [0, 0.05) is 5.56 Å². The van der Waals surface area contributed by atoms with E-state index in [0.29, 0.717) is 11.4 Å². The first-order valence-corrected chi connectivity index (χ1v) is 4.68. The average Bonchev–Trinajstić information content (AvgIpc) is 2.75. The fraction of sp³-hybridized carbons (Fsp3) is 0.182. The van der Waals surface area contributed by atoms with Crippen LogP contribution in [0, 0.1) is 0 Å². The molecule has 0 aliphatic heterocycles. The third kappa shape index (κ3) is 1.79. The van der Waals surface area contributed by atoms with Gasteiger partial charge in [0.15, 0.2) is 0 Å². The van der Waals surface area contributed by atoms with Gasteiger partial charge in [-0.2, -0.15) is 4.98 Å². The maximum atomic E-state index is 5.43. The third-order valence-electron chi connectivity index (χ3n) is 2.20. The summed E-state index contributed by atoms with van der Waals surface area (Å²) >= 11 is 0. The number of hydrogen-bond donors (Lipinski definition) is 1. The van der Waals surface area contributed by atoms with Crippen LogP contribution in [-0.4, -0.2) is 19.2 Å². The highest BCUT2D eigenvalue weighted by molar-refractivity contribution is 5.69. The molecule has 5 nitrogen and oxygen atoms in total. The fourth-order valence-corrected chi connectivity index (χ4v) is 1.43. The van der Waals surface area contributed by atoms with Gasteiger partial charge in [-0.15, -0.1) is 0 Å². The number of aromatic nitrogens is 1. The molecule has 0 atom stereocenters. The molecule has 0 aliphatic rings. The van der Waals surface area contributed by atoms with Crippen LogP contribution in [0.15, 0.2) is 28.9 Å². The largest absolute Gasteiger partial charge is 0.497 e. The minimum absolute atomic E-state index is 0.125. The minimum atomic E-state index is 0.125. The third-order valence-corrected chi connectivity index (χ3v) is 2.20. The van der Waals surface area contributed by atoms with E-state index in [-0.39, 0.29) is 6.01 Å². The Labute approximate surface area is 92.8 Å². The van der Waals surface area contributed by atoms with Crippen molar-refractivity contribution < 1.29 is 13.9 Å². The number of nitrogens with zero attached hydrogens (tertiary/aromatic N) is 1. The maximum Gasteiger partial charge on any atom is 0.292 e. The molecule has 16 heavy (non-hydrogen) atoms. The standard InChI is InChI=1S/C11H12N2O3/c1-14-7-3-4-10(15-2)8(5-7)9-6-16-11(12)13-9/h3-6H,1-2H3,(H2,12,13). The molecule has 1 aromatic heterocycles. The Morgan fingerprint density at radius 3 is 2.62 bits per heavy atom. The molecule has 0 bridgehead atoms. The molecule has 1 aromatic carbocycles. The van der Waals surface area contributed by atoms with Crippen LogP contribution < -0.4 is 15.2 Å². The molecule has 2 aromatic rings. The monoisotopic (exact) mass is 220 g/mol. The van der Waals surface area contributed by atoms with E-state index in [0.717, 1.165) is 11.3 Å². The number of hydrogen-bond acceptors (Lipinski definition) is 5. The number of methoxy groups -OCH3 is 2. The second kappa shape index (κ2) is 4.14.